The van der Waals surface area contributed by atoms with Crippen LogP contribution in [0.1, 0.15) is 66.3 Å². The summed E-state index contributed by atoms with van der Waals surface area (Å²) in [6, 6.07) is 1.71. The van der Waals surface area contributed by atoms with Crippen LogP contribution < -0.4 is 5.32 Å². The van der Waals surface area contributed by atoms with Gasteiger partial charge in [0.2, 0.25) is 10.1 Å². The Kier molecular flexibility index (Phi) is 4.41. The van der Waals surface area contributed by atoms with E-state index in [0.29, 0.717) is 22.3 Å². The van der Waals surface area contributed by atoms with Crippen LogP contribution in [-0.4, -0.2) is 30.9 Å². The number of rotatable bonds is 3. The van der Waals surface area contributed by atoms with Gasteiger partial charge in [0.05, 0.1) is 22.2 Å². The Labute approximate surface area is 168 Å². The van der Waals surface area contributed by atoms with E-state index in [1.807, 2.05) is 20.8 Å². The Bertz CT molecular complexity index is 1110. The molecule has 3 heterocycles. The Balaban J connectivity index is 1.79. The van der Waals surface area contributed by atoms with Crippen LogP contribution in [0.25, 0.3) is 11.0 Å². The van der Waals surface area contributed by atoms with Gasteiger partial charge in [0.25, 0.3) is 5.91 Å². The zero-order chi connectivity index (χ0) is 21.1. The first-order valence-corrected chi connectivity index (χ1v) is 9.89. The molecule has 1 aliphatic rings. The number of fused-ring (bicyclic) bond motifs is 1. The minimum atomic E-state index is -4.60. The zero-order valence-electron chi connectivity index (χ0n) is 16.3. The van der Waals surface area contributed by atoms with Gasteiger partial charge < -0.3 is 0 Å². The molecule has 11 heteroatoms. The normalized spacial score (nSPS) is 15.1. The number of aryl methyl sites for hydroxylation is 1. The summed E-state index contributed by atoms with van der Waals surface area (Å²) in [4.78, 5) is 17.7. The molecule has 3 aromatic heterocycles. The van der Waals surface area contributed by atoms with E-state index in [0.717, 1.165) is 18.5 Å². The zero-order valence-corrected chi connectivity index (χ0v) is 17.1. The molecule has 1 amide bonds. The molecule has 1 fully saturated rings. The van der Waals surface area contributed by atoms with E-state index in [1.165, 1.54) is 0 Å². The third-order valence-electron chi connectivity index (χ3n) is 4.60. The minimum absolute atomic E-state index is 0.207. The molecule has 0 spiro atoms. The number of hydrogen-bond donors (Lipinski definition) is 1. The van der Waals surface area contributed by atoms with Gasteiger partial charge in [0, 0.05) is 11.6 Å². The van der Waals surface area contributed by atoms with Crippen molar-refractivity contribution in [3.8, 4) is 0 Å². The maximum Gasteiger partial charge on any atom is 0.445 e. The lowest BCUT2D eigenvalue weighted by molar-refractivity contribution is -0.138. The highest BCUT2D eigenvalue weighted by Crippen LogP contribution is 2.41. The smallest absolute Gasteiger partial charge is 0.296 e. The third-order valence-corrected chi connectivity index (χ3v) is 5.48. The largest absolute Gasteiger partial charge is 0.445 e. The van der Waals surface area contributed by atoms with E-state index in [4.69, 9.17) is 4.98 Å². The van der Waals surface area contributed by atoms with Crippen molar-refractivity contribution < 1.29 is 18.0 Å². The molecule has 0 saturated heterocycles. The number of amides is 1. The first-order chi connectivity index (χ1) is 13.4. The fourth-order valence-electron chi connectivity index (χ4n) is 3.10. The molecule has 0 radical (unpaired) electrons. The minimum Gasteiger partial charge on any atom is -0.296 e. The fraction of sp³-hybridized carbons (Fsp3) is 0.500. The molecular formula is C18H19F3N6OS. The number of nitrogens with zero attached hydrogens (tertiary/aromatic N) is 5. The van der Waals surface area contributed by atoms with E-state index >= 15 is 0 Å². The fourth-order valence-corrected chi connectivity index (χ4v) is 3.70. The van der Waals surface area contributed by atoms with Crippen molar-refractivity contribution in [2.75, 3.05) is 5.32 Å². The van der Waals surface area contributed by atoms with Crippen LogP contribution in [0.2, 0.25) is 0 Å². The van der Waals surface area contributed by atoms with E-state index < -0.39 is 17.1 Å². The second-order valence-corrected chi connectivity index (χ2v) is 9.08. The average molecular weight is 424 g/mol. The second-order valence-electron chi connectivity index (χ2n) is 8.10. The maximum absolute atomic E-state index is 13.0. The molecule has 0 atom stereocenters. The summed E-state index contributed by atoms with van der Waals surface area (Å²) in [5.41, 5.74) is 1.99. The number of aromatic nitrogens is 5. The topological polar surface area (TPSA) is 85.6 Å². The highest BCUT2D eigenvalue weighted by Gasteiger charge is 2.36. The summed E-state index contributed by atoms with van der Waals surface area (Å²) in [7, 11) is 0. The highest BCUT2D eigenvalue weighted by atomic mass is 32.1. The quantitative estimate of drug-likeness (QED) is 0.669. The van der Waals surface area contributed by atoms with Crippen molar-refractivity contribution in [2.45, 2.75) is 58.2 Å². The number of hydrogen-bond acceptors (Lipinski definition) is 6. The molecule has 29 heavy (non-hydrogen) atoms. The summed E-state index contributed by atoms with van der Waals surface area (Å²) in [6.45, 7) is 7.75. The molecule has 0 unspecified atom stereocenters. The summed E-state index contributed by atoms with van der Waals surface area (Å²) in [5.74, 6) is -0.270. The molecule has 1 N–H and O–H groups in total. The van der Waals surface area contributed by atoms with Gasteiger partial charge in [-0.25, -0.2) is 9.67 Å². The predicted octanol–water partition coefficient (Wildman–Crippen LogP) is 4.49. The number of anilines is 1. The molecule has 0 aliphatic heterocycles. The van der Waals surface area contributed by atoms with E-state index in [9.17, 15) is 18.0 Å². The first kappa shape index (κ1) is 19.7. The number of pyridine rings is 1. The summed E-state index contributed by atoms with van der Waals surface area (Å²) in [6.07, 6.45) is -2.62. The number of halogens is 3. The molecule has 3 aromatic rings. The van der Waals surface area contributed by atoms with Gasteiger partial charge in [0.1, 0.15) is 0 Å². The highest BCUT2D eigenvalue weighted by molar-refractivity contribution is 7.15. The third kappa shape index (κ3) is 3.70. The van der Waals surface area contributed by atoms with Crippen molar-refractivity contribution in [2.24, 2.45) is 0 Å². The van der Waals surface area contributed by atoms with Crippen LogP contribution in [0.5, 0.6) is 0 Å². The molecule has 154 valence electrons. The number of carbonyl (C=O) groups excluding carboxylic acids is 1. The van der Waals surface area contributed by atoms with Gasteiger partial charge in [-0.15, -0.1) is 10.2 Å². The van der Waals surface area contributed by atoms with Crippen LogP contribution in [0.3, 0.4) is 0 Å². The van der Waals surface area contributed by atoms with E-state index in [1.54, 1.807) is 17.7 Å². The summed E-state index contributed by atoms with van der Waals surface area (Å²) >= 11 is 0.289. The average Bonchev–Trinajstić information content (AvgIpc) is 3.25. The van der Waals surface area contributed by atoms with Crippen molar-refractivity contribution in [1.82, 2.24) is 25.0 Å². The Hall–Kier alpha value is -2.56. The van der Waals surface area contributed by atoms with Crippen LogP contribution >= 0.6 is 11.3 Å². The molecular weight excluding hydrogens is 405 g/mol. The van der Waals surface area contributed by atoms with Gasteiger partial charge in [-0.3, -0.25) is 10.1 Å². The lowest BCUT2D eigenvalue weighted by Gasteiger charge is -2.20. The van der Waals surface area contributed by atoms with Gasteiger partial charge in [-0.2, -0.15) is 18.3 Å². The lowest BCUT2D eigenvalue weighted by atomic mass is 10.1. The second kappa shape index (κ2) is 6.48. The van der Waals surface area contributed by atoms with Crippen molar-refractivity contribution >= 4 is 33.4 Å². The number of nitrogens with one attached hydrogen (secondary N) is 1. The number of carbonyl (C=O) groups is 1. The molecule has 0 aromatic carbocycles. The van der Waals surface area contributed by atoms with Gasteiger partial charge in [0.15, 0.2) is 5.65 Å². The van der Waals surface area contributed by atoms with E-state index in [-0.39, 0.29) is 27.9 Å². The van der Waals surface area contributed by atoms with Crippen LogP contribution in [0, 0.1) is 6.92 Å². The van der Waals surface area contributed by atoms with Crippen LogP contribution in [0.4, 0.5) is 18.3 Å². The molecule has 0 bridgehead atoms. The Morgan fingerprint density at radius 3 is 2.48 bits per heavy atom. The van der Waals surface area contributed by atoms with E-state index in [2.05, 4.69) is 20.6 Å². The van der Waals surface area contributed by atoms with Crippen molar-refractivity contribution in [3.05, 3.63) is 28.0 Å². The van der Waals surface area contributed by atoms with Gasteiger partial charge in [-0.1, -0.05) is 11.3 Å². The predicted molar refractivity (Wildman–Crippen MR) is 102 cm³/mol. The molecule has 1 saturated carbocycles. The Morgan fingerprint density at radius 1 is 1.24 bits per heavy atom. The summed E-state index contributed by atoms with van der Waals surface area (Å²) < 4.78 is 40.1. The maximum atomic E-state index is 13.0. The van der Waals surface area contributed by atoms with Crippen LogP contribution in [0.15, 0.2) is 6.07 Å². The number of alkyl halides is 3. The summed E-state index contributed by atoms with van der Waals surface area (Å²) in [5, 5.41) is 12.8. The molecule has 7 nitrogen and oxygen atoms in total. The standard InChI is InChI=1S/C18H19F3N6OS/c1-8-12-10(14(28)23-16-25-24-15(29-16)18(19,20)21)7-11(9-5-6-9)22-13(12)27(26-8)17(2,3)4/h7,9H,5-6H2,1-4H3,(H,23,25,28). The van der Waals surface area contributed by atoms with Crippen molar-refractivity contribution in [3.63, 3.8) is 0 Å². The van der Waals surface area contributed by atoms with Gasteiger partial charge >= 0.3 is 6.18 Å². The first-order valence-electron chi connectivity index (χ1n) is 9.08. The molecule has 4 rings (SSSR count). The molecule has 1 aliphatic carbocycles. The lowest BCUT2D eigenvalue weighted by Crippen LogP contribution is -2.23. The van der Waals surface area contributed by atoms with Gasteiger partial charge in [-0.05, 0) is 46.6 Å². The monoisotopic (exact) mass is 424 g/mol. The Morgan fingerprint density at radius 2 is 1.93 bits per heavy atom. The van der Waals surface area contributed by atoms with Crippen molar-refractivity contribution in [1.29, 1.82) is 0 Å². The SMILES string of the molecule is Cc1nn(C(C)(C)C)c2nc(C3CC3)cc(C(=O)Nc3nnc(C(F)(F)F)s3)c12. The van der Waals surface area contributed by atoms with Crippen LogP contribution in [-0.2, 0) is 11.7 Å².